The van der Waals surface area contributed by atoms with Crippen molar-refractivity contribution in [1.82, 2.24) is 0 Å². The lowest BCUT2D eigenvalue weighted by molar-refractivity contribution is -0.144. The summed E-state index contributed by atoms with van der Waals surface area (Å²) < 4.78 is 0. The van der Waals surface area contributed by atoms with Crippen LogP contribution in [0, 0.1) is 17.8 Å². The molecule has 0 aliphatic carbocycles. The van der Waals surface area contributed by atoms with E-state index in [9.17, 15) is 9.90 Å². The lowest BCUT2D eigenvalue weighted by Crippen LogP contribution is -2.27. The van der Waals surface area contributed by atoms with Gasteiger partial charge in [-0.1, -0.05) is 74.5 Å². The molecule has 2 nitrogen and oxygen atoms in total. The van der Waals surface area contributed by atoms with E-state index < -0.39 is 5.97 Å². The van der Waals surface area contributed by atoms with E-state index in [1.54, 1.807) is 0 Å². The fourth-order valence-corrected chi connectivity index (χ4v) is 3.63. The Balaban J connectivity index is 2.08. The summed E-state index contributed by atoms with van der Waals surface area (Å²) in [6.07, 6.45) is 3.46. The molecule has 2 rings (SSSR count). The third kappa shape index (κ3) is 5.52. The molecule has 2 aromatic rings. The number of rotatable bonds is 9. The van der Waals surface area contributed by atoms with Gasteiger partial charge >= 0.3 is 5.97 Å². The van der Waals surface area contributed by atoms with Crippen molar-refractivity contribution in [2.45, 2.75) is 39.5 Å². The van der Waals surface area contributed by atoms with Gasteiger partial charge in [-0.3, -0.25) is 4.79 Å². The van der Waals surface area contributed by atoms with Crippen molar-refractivity contribution in [2.24, 2.45) is 17.8 Å². The Morgan fingerprint density at radius 3 is 1.88 bits per heavy atom. The first-order valence-corrected chi connectivity index (χ1v) is 8.90. The van der Waals surface area contributed by atoms with Crippen LogP contribution in [0.2, 0.25) is 0 Å². The molecule has 0 aliphatic heterocycles. The predicted octanol–water partition coefficient (Wildman–Crippen LogP) is 5.23. The average Bonchev–Trinajstić information content (AvgIpc) is 2.56. The lowest BCUT2D eigenvalue weighted by Gasteiger charge is -2.26. The van der Waals surface area contributed by atoms with Gasteiger partial charge in [0.25, 0.3) is 0 Å². The number of hydrogen-bond acceptors (Lipinski definition) is 1. The van der Waals surface area contributed by atoms with Crippen LogP contribution in [0.5, 0.6) is 0 Å². The van der Waals surface area contributed by atoms with Crippen molar-refractivity contribution in [3.8, 4) is 0 Å². The van der Waals surface area contributed by atoms with Crippen LogP contribution in [0.15, 0.2) is 60.7 Å². The Kier molecular flexibility index (Phi) is 7.05. The lowest BCUT2D eigenvalue weighted by atomic mass is 9.78. The summed E-state index contributed by atoms with van der Waals surface area (Å²) in [5.74, 6) is -0.295. The molecule has 24 heavy (non-hydrogen) atoms. The smallest absolute Gasteiger partial charge is 0.306 e. The zero-order valence-corrected chi connectivity index (χ0v) is 14.7. The van der Waals surface area contributed by atoms with Gasteiger partial charge in [0, 0.05) is 0 Å². The summed E-state index contributed by atoms with van der Waals surface area (Å²) in [7, 11) is 0. The molecule has 0 saturated carbocycles. The van der Waals surface area contributed by atoms with Crippen LogP contribution in [0.3, 0.4) is 0 Å². The quantitative estimate of drug-likeness (QED) is 0.686. The normalized spacial score (nSPS) is 14.8. The van der Waals surface area contributed by atoms with E-state index in [1.165, 1.54) is 11.1 Å². The molecule has 0 aromatic heterocycles. The minimum atomic E-state index is -0.662. The molecule has 0 radical (unpaired) electrons. The second-order valence-electron chi connectivity index (χ2n) is 6.83. The molecule has 0 fully saturated rings. The molecule has 0 spiro atoms. The summed E-state index contributed by atoms with van der Waals surface area (Å²) in [6, 6.07) is 20.7. The van der Waals surface area contributed by atoms with Gasteiger partial charge in [-0.25, -0.2) is 0 Å². The van der Waals surface area contributed by atoms with Crippen LogP contribution in [0.4, 0.5) is 0 Å². The molecule has 0 heterocycles. The van der Waals surface area contributed by atoms with Crippen molar-refractivity contribution in [3.63, 3.8) is 0 Å². The second kappa shape index (κ2) is 9.27. The maximum absolute atomic E-state index is 11.7. The minimum absolute atomic E-state index is 0.175. The summed E-state index contributed by atoms with van der Waals surface area (Å²) in [4.78, 5) is 11.7. The first-order valence-electron chi connectivity index (χ1n) is 8.90. The number of carbonyl (C=O) groups is 1. The molecule has 0 saturated heterocycles. The molecule has 0 amide bonds. The van der Waals surface area contributed by atoms with Crippen LogP contribution >= 0.6 is 0 Å². The summed E-state index contributed by atoms with van der Waals surface area (Å²) in [5.41, 5.74) is 2.56. The summed E-state index contributed by atoms with van der Waals surface area (Å²) in [5, 5.41) is 9.62. The van der Waals surface area contributed by atoms with Crippen molar-refractivity contribution in [1.29, 1.82) is 0 Å². The monoisotopic (exact) mass is 324 g/mol. The van der Waals surface area contributed by atoms with E-state index in [4.69, 9.17) is 0 Å². The van der Waals surface area contributed by atoms with E-state index in [0.717, 1.165) is 19.3 Å². The van der Waals surface area contributed by atoms with Crippen molar-refractivity contribution < 1.29 is 9.90 Å². The molecule has 128 valence electrons. The van der Waals surface area contributed by atoms with Gasteiger partial charge in [0.1, 0.15) is 0 Å². The van der Waals surface area contributed by atoms with E-state index in [-0.39, 0.29) is 11.8 Å². The zero-order valence-electron chi connectivity index (χ0n) is 14.7. The molecule has 2 heteroatoms. The van der Waals surface area contributed by atoms with E-state index in [0.29, 0.717) is 12.3 Å². The SMILES string of the molecule is CCC(C(=O)O)C(Cc1ccccc1)CC(C)Cc1ccccc1. The van der Waals surface area contributed by atoms with Crippen LogP contribution in [0.1, 0.15) is 37.8 Å². The molecule has 3 atom stereocenters. The minimum Gasteiger partial charge on any atom is -0.481 e. The Labute approximate surface area is 145 Å². The maximum atomic E-state index is 11.7. The van der Waals surface area contributed by atoms with Crippen LogP contribution in [-0.2, 0) is 17.6 Å². The Morgan fingerprint density at radius 2 is 1.42 bits per heavy atom. The zero-order chi connectivity index (χ0) is 17.4. The van der Waals surface area contributed by atoms with Crippen LogP contribution in [-0.4, -0.2) is 11.1 Å². The number of carboxylic acid groups (broad SMARTS) is 1. The average molecular weight is 324 g/mol. The fraction of sp³-hybridized carbons (Fsp3) is 0.409. The molecule has 1 N–H and O–H groups in total. The summed E-state index contributed by atoms with van der Waals surface area (Å²) in [6.45, 7) is 4.22. The largest absolute Gasteiger partial charge is 0.481 e. The van der Waals surface area contributed by atoms with E-state index >= 15 is 0 Å². The maximum Gasteiger partial charge on any atom is 0.306 e. The Bertz CT molecular complexity index is 606. The van der Waals surface area contributed by atoms with Crippen LogP contribution < -0.4 is 0 Å². The fourth-order valence-electron chi connectivity index (χ4n) is 3.63. The third-order valence-corrected chi connectivity index (χ3v) is 4.80. The Hall–Kier alpha value is -2.09. The predicted molar refractivity (Wildman–Crippen MR) is 99.0 cm³/mol. The Morgan fingerprint density at radius 1 is 0.917 bits per heavy atom. The molecule has 0 aliphatic rings. The third-order valence-electron chi connectivity index (χ3n) is 4.80. The molecule has 3 unspecified atom stereocenters. The van der Waals surface area contributed by atoms with Gasteiger partial charge in [-0.05, 0) is 48.6 Å². The number of carboxylic acids is 1. The molecular weight excluding hydrogens is 296 g/mol. The molecule has 2 aromatic carbocycles. The summed E-state index contributed by atoms with van der Waals surface area (Å²) >= 11 is 0. The highest BCUT2D eigenvalue weighted by Gasteiger charge is 2.28. The van der Waals surface area contributed by atoms with E-state index in [2.05, 4.69) is 43.3 Å². The van der Waals surface area contributed by atoms with E-state index in [1.807, 2.05) is 31.2 Å². The first kappa shape index (κ1) is 18.3. The van der Waals surface area contributed by atoms with Gasteiger partial charge in [-0.2, -0.15) is 0 Å². The van der Waals surface area contributed by atoms with Gasteiger partial charge in [-0.15, -0.1) is 0 Å². The molecule has 0 bridgehead atoms. The highest BCUT2D eigenvalue weighted by molar-refractivity contribution is 5.70. The second-order valence-corrected chi connectivity index (χ2v) is 6.83. The topological polar surface area (TPSA) is 37.3 Å². The standard InChI is InChI=1S/C22H28O2/c1-3-21(22(23)24)20(16-19-12-8-5-9-13-19)15-17(2)14-18-10-6-4-7-11-18/h4-13,17,20-21H,3,14-16H2,1-2H3,(H,23,24). The first-order chi connectivity index (χ1) is 11.6. The molecular formula is C22H28O2. The highest BCUT2D eigenvalue weighted by Crippen LogP contribution is 2.29. The van der Waals surface area contributed by atoms with Crippen molar-refractivity contribution >= 4 is 5.97 Å². The number of aliphatic carboxylic acids is 1. The van der Waals surface area contributed by atoms with Crippen molar-refractivity contribution in [3.05, 3.63) is 71.8 Å². The number of benzene rings is 2. The van der Waals surface area contributed by atoms with Crippen LogP contribution in [0.25, 0.3) is 0 Å². The van der Waals surface area contributed by atoms with Crippen molar-refractivity contribution in [2.75, 3.05) is 0 Å². The number of hydrogen-bond donors (Lipinski definition) is 1. The highest BCUT2D eigenvalue weighted by atomic mass is 16.4. The van der Waals surface area contributed by atoms with Gasteiger partial charge in [0.05, 0.1) is 5.92 Å². The van der Waals surface area contributed by atoms with Gasteiger partial charge < -0.3 is 5.11 Å². The van der Waals surface area contributed by atoms with Gasteiger partial charge in [0.2, 0.25) is 0 Å². The van der Waals surface area contributed by atoms with Gasteiger partial charge in [0.15, 0.2) is 0 Å².